The van der Waals surface area contributed by atoms with Gasteiger partial charge in [-0.3, -0.25) is 10.1 Å². The first-order valence-electron chi connectivity index (χ1n) is 6.17. The Kier molecular flexibility index (Phi) is 2.94. The zero-order valence-corrected chi connectivity index (χ0v) is 10.5. The van der Waals surface area contributed by atoms with Gasteiger partial charge in [0.2, 0.25) is 5.95 Å². The van der Waals surface area contributed by atoms with Crippen LogP contribution in [0.2, 0.25) is 0 Å². The fourth-order valence-corrected chi connectivity index (χ4v) is 1.83. The molecule has 0 radical (unpaired) electrons. The highest BCUT2D eigenvalue weighted by molar-refractivity contribution is 5.70. The Morgan fingerprint density at radius 3 is 2.90 bits per heavy atom. The maximum Gasteiger partial charge on any atom is 0.313 e. The average Bonchev–Trinajstić information content (AvgIpc) is 3.22. The lowest BCUT2D eigenvalue weighted by molar-refractivity contribution is -0.384. The van der Waals surface area contributed by atoms with E-state index in [4.69, 9.17) is 10.5 Å². The Bertz CT molecular complexity index is 670. The topological polar surface area (TPSA) is 104 Å². The SMILES string of the molecule is Nc1ncc([N+](=O)[O-])c(-c2cccc(OC3CC3)c2)n1. The van der Waals surface area contributed by atoms with Crippen LogP contribution in [-0.2, 0) is 0 Å². The summed E-state index contributed by atoms with van der Waals surface area (Å²) in [5.41, 5.74) is 6.12. The Morgan fingerprint density at radius 2 is 2.20 bits per heavy atom. The Morgan fingerprint density at radius 1 is 1.40 bits per heavy atom. The Hall–Kier alpha value is -2.70. The summed E-state index contributed by atoms with van der Waals surface area (Å²) >= 11 is 0. The molecule has 0 saturated heterocycles. The lowest BCUT2D eigenvalue weighted by Crippen LogP contribution is -2.01. The zero-order chi connectivity index (χ0) is 14.1. The molecule has 102 valence electrons. The van der Waals surface area contributed by atoms with Gasteiger partial charge in [-0.05, 0) is 25.0 Å². The summed E-state index contributed by atoms with van der Waals surface area (Å²) in [4.78, 5) is 18.1. The van der Waals surface area contributed by atoms with E-state index >= 15 is 0 Å². The number of nitrogen functional groups attached to an aromatic ring is 1. The summed E-state index contributed by atoms with van der Waals surface area (Å²) in [6.45, 7) is 0. The summed E-state index contributed by atoms with van der Waals surface area (Å²) in [5, 5.41) is 11.0. The predicted octanol–water partition coefficient (Wildman–Crippen LogP) is 2.18. The summed E-state index contributed by atoms with van der Waals surface area (Å²) in [6, 6.07) is 7.05. The van der Waals surface area contributed by atoms with Gasteiger partial charge in [0.05, 0.1) is 11.0 Å². The molecule has 3 rings (SSSR count). The molecule has 1 heterocycles. The van der Waals surface area contributed by atoms with Crippen molar-refractivity contribution in [2.75, 3.05) is 5.73 Å². The van der Waals surface area contributed by atoms with Crippen LogP contribution in [0.1, 0.15) is 12.8 Å². The van der Waals surface area contributed by atoms with Crippen LogP contribution in [0, 0.1) is 10.1 Å². The van der Waals surface area contributed by atoms with Gasteiger partial charge >= 0.3 is 5.69 Å². The molecule has 0 spiro atoms. The van der Waals surface area contributed by atoms with Crippen LogP contribution in [0.4, 0.5) is 11.6 Å². The van der Waals surface area contributed by atoms with Crippen molar-refractivity contribution in [1.82, 2.24) is 9.97 Å². The normalized spacial score (nSPS) is 14.0. The largest absolute Gasteiger partial charge is 0.490 e. The molecular formula is C13H12N4O3. The van der Waals surface area contributed by atoms with Crippen molar-refractivity contribution in [1.29, 1.82) is 0 Å². The molecule has 1 saturated carbocycles. The number of anilines is 1. The van der Waals surface area contributed by atoms with Crippen molar-refractivity contribution < 1.29 is 9.66 Å². The number of hydrogen-bond acceptors (Lipinski definition) is 6. The predicted molar refractivity (Wildman–Crippen MR) is 72.2 cm³/mol. The van der Waals surface area contributed by atoms with Gasteiger partial charge in [-0.25, -0.2) is 9.97 Å². The first kappa shape index (κ1) is 12.3. The molecule has 1 fully saturated rings. The number of rotatable bonds is 4. The van der Waals surface area contributed by atoms with Crippen molar-refractivity contribution in [3.8, 4) is 17.0 Å². The molecule has 0 bridgehead atoms. The number of nitrogens with zero attached hydrogens (tertiary/aromatic N) is 3. The maximum atomic E-state index is 11.0. The van der Waals surface area contributed by atoms with E-state index < -0.39 is 4.92 Å². The molecule has 1 aliphatic rings. The molecule has 1 aliphatic carbocycles. The fraction of sp³-hybridized carbons (Fsp3) is 0.231. The molecule has 0 aliphatic heterocycles. The highest BCUT2D eigenvalue weighted by Crippen LogP contribution is 2.32. The molecule has 2 aromatic rings. The fourth-order valence-electron chi connectivity index (χ4n) is 1.83. The van der Waals surface area contributed by atoms with E-state index in [1.54, 1.807) is 18.2 Å². The van der Waals surface area contributed by atoms with Gasteiger partial charge in [-0.15, -0.1) is 0 Å². The lowest BCUT2D eigenvalue weighted by Gasteiger charge is -2.07. The lowest BCUT2D eigenvalue weighted by atomic mass is 10.1. The second kappa shape index (κ2) is 4.76. The van der Waals surface area contributed by atoms with Crippen LogP contribution in [0.15, 0.2) is 30.5 Å². The van der Waals surface area contributed by atoms with E-state index in [-0.39, 0.29) is 23.4 Å². The number of benzene rings is 1. The Labute approximate surface area is 114 Å². The number of aromatic nitrogens is 2. The first-order chi connectivity index (χ1) is 9.63. The highest BCUT2D eigenvalue weighted by atomic mass is 16.6. The maximum absolute atomic E-state index is 11.0. The van der Waals surface area contributed by atoms with Gasteiger partial charge in [-0.1, -0.05) is 12.1 Å². The van der Waals surface area contributed by atoms with Crippen LogP contribution in [0.25, 0.3) is 11.3 Å². The van der Waals surface area contributed by atoms with Gasteiger partial charge in [0.25, 0.3) is 0 Å². The standard InChI is InChI=1S/C13H12N4O3/c14-13-15-7-11(17(18)19)12(16-13)8-2-1-3-10(6-8)20-9-4-5-9/h1-3,6-7,9H,4-5H2,(H2,14,15,16). The van der Waals surface area contributed by atoms with Crippen molar-refractivity contribution in [2.24, 2.45) is 0 Å². The number of hydrogen-bond donors (Lipinski definition) is 1. The first-order valence-corrected chi connectivity index (χ1v) is 6.17. The molecule has 0 unspecified atom stereocenters. The zero-order valence-electron chi connectivity index (χ0n) is 10.5. The smallest absolute Gasteiger partial charge is 0.313 e. The number of ether oxygens (including phenoxy) is 1. The van der Waals surface area contributed by atoms with Crippen LogP contribution in [0.3, 0.4) is 0 Å². The highest BCUT2D eigenvalue weighted by Gasteiger charge is 2.24. The summed E-state index contributed by atoms with van der Waals surface area (Å²) in [7, 11) is 0. The van der Waals surface area contributed by atoms with Crippen molar-refractivity contribution in [3.05, 3.63) is 40.6 Å². The molecule has 0 atom stereocenters. The van der Waals surface area contributed by atoms with Gasteiger partial charge in [0.15, 0.2) is 5.69 Å². The molecule has 7 heteroatoms. The molecule has 7 nitrogen and oxygen atoms in total. The molecule has 20 heavy (non-hydrogen) atoms. The quantitative estimate of drug-likeness (QED) is 0.675. The second-order valence-corrected chi connectivity index (χ2v) is 4.56. The molecule has 1 aromatic carbocycles. The average molecular weight is 272 g/mol. The summed E-state index contributed by atoms with van der Waals surface area (Å²) in [6.07, 6.45) is 3.47. The van der Waals surface area contributed by atoms with E-state index in [2.05, 4.69) is 9.97 Å². The minimum Gasteiger partial charge on any atom is -0.490 e. The third-order valence-corrected chi connectivity index (χ3v) is 2.92. The third-order valence-electron chi connectivity index (χ3n) is 2.92. The molecule has 1 aromatic heterocycles. The molecule has 0 amide bonds. The minimum atomic E-state index is -0.525. The van der Waals surface area contributed by atoms with Crippen LogP contribution in [0.5, 0.6) is 5.75 Å². The summed E-state index contributed by atoms with van der Waals surface area (Å²) in [5.74, 6) is 0.676. The third kappa shape index (κ3) is 2.51. The van der Waals surface area contributed by atoms with Crippen LogP contribution >= 0.6 is 0 Å². The van der Waals surface area contributed by atoms with E-state index in [1.165, 1.54) is 0 Å². The number of nitro groups is 1. The van der Waals surface area contributed by atoms with Crippen molar-refractivity contribution in [2.45, 2.75) is 18.9 Å². The Balaban J connectivity index is 2.02. The van der Waals surface area contributed by atoms with E-state index in [1.807, 2.05) is 6.07 Å². The van der Waals surface area contributed by atoms with Crippen LogP contribution in [-0.4, -0.2) is 21.0 Å². The van der Waals surface area contributed by atoms with Crippen molar-refractivity contribution >= 4 is 11.6 Å². The van der Waals surface area contributed by atoms with Gasteiger partial charge < -0.3 is 10.5 Å². The minimum absolute atomic E-state index is 0.000820. The van der Waals surface area contributed by atoms with Gasteiger partial charge in [0, 0.05) is 5.56 Å². The van der Waals surface area contributed by atoms with Gasteiger partial charge in [0.1, 0.15) is 11.9 Å². The van der Waals surface area contributed by atoms with Gasteiger partial charge in [-0.2, -0.15) is 0 Å². The monoisotopic (exact) mass is 272 g/mol. The number of nitrogens with two attached hydrogens (primary N) is 1. The molecular weight excluding hydrogens is 260 g/mol. The molecule has 2 N–H and O–H groups in total. The van der Waals surface area contributed by atoms with Crippen molar-refractivity contribution in [3.63, 3.8) is 0 Å². The van der Waals surface area contributed by atoms with Crippen LogP contribution < -0.4 is 10.5 Å². The van der Waals surface area contributed by atoms with E-state index in [0.29, 0.717) is 11.3 Å². The summed E-state index contributed by atoms with van der Waals surface area (Å²) < 4.78 is 5.67. The van der Waals surface area contributed by atoms with E-state index in [9.17, 15) is 10.1 Å². The second-order valence-electron chi connectivity index (χ2n) is 4.56. The van der Waals surface area contributed by atoms with E-state index in [0.717, 1.165) is 19.0 Å².